The largest absolute Gasteiger partial charge is 0.320 e. The van der Waals surface area contributed by atoms with Crippen LogP contribution in [0.2, 0.25) is 5.02 Å². The van der Waals surface area contributed by atoms with Crippen molar-refractivity contribution in [2.24, 2.45) is 0 Å². The number of carbonyl (C=O) groups excluding carboxylic acids is 1. The molecule has 5 nitrogen and oxygen atoms in total. The molecule has 0 fully saturated rings. The SMILES string of the molecule is Cc1ccc(C(=O)Nc2cccc(Cl)c2-n2cncn2)cc1. The summed E-state index contributed by atoms with van der Waals surface area (Å²) in [4.78, 5) is 16.3. The van der Waals surface area contributed by atoms with E-state index in [0.29, 0.717) is 22.0 Å². The average molecular weight is 313 g/mol. The maximum absolute atomic E-state index is 12.4. The van der Waals surface area contributed by atoms with Gasteiger partial charge in [-0.1, -0.05) is 35.4 Å². The first-order valence-corrected chi connectivity index (χ1v) is 7.04. The van der Waals surface area contributed by atoms with Crippen molar-refractivity contribution in [3.05, 3.63) is 71.3 Å². The number of amides is 1. The van der Waals surface area contributed by atoms with Gasteiger partial charge >= 0.3 is 0 Å². The second kappa shape index (κ2) is 5.99. The number of nitrogens with zero attached hydrogens (tertiary/aromatic N) is 3. The van der Waals surface area contributed by atoms with Gasteiger partial charge in [-0.3, -0.25) is 4.79 Å². The number of hydrogen-bond donors (Lipinski definition) is 1. The third-order valence-electron chi connectivity index (χ3n) is 3.20. The predicted octanol–water partition coefficient (Wildman–Crippen LogP) is 3.48. The van der Waals surface area contributed by atoms with Crippen LogP contribution in [0.5, 0.6) is 0 Å². The lowest BCUT2D eigenvalue weighted by Crippen LogP contribution is -2.14. The summed E-state index contributed by atoms with van der Waals surface area (Å²) in [5.41, 5.74) is 2.84. The van der Waals surface area contributed by atoms with Crippen LogP contribution < -0.4 is 5.32 Å². The van der Waals surface area contributed by atoms with Crippen molar-refractivity contribution >= 4 is 23.2 Å². The standard InChI is InChI=1S/C16H13ClN4O/c1-11-5-7-12(8-6-11)16(22)20-14-4-2-3-13(17)15(14)21-10-18-9-19-21/h2-10H,1H3,(H,20,22). The summed E-state index contributed by atoms with van der Waals surface area (Å²) < 4.78 is 1.52. The zero-order chi connectivity index (χ0) is 15.5. The monoisotopic (exact) mass is 312 g/mol. The summed E-state index contributed by atoms with van der Waals surface area (Å²) in [6.07, 6.45) is 2.94. The molecule has 0 saturated carbocycles. The zero-order valence-corrected chi connectivity index (χ0v) is 12.6. The molecule has 0 saturated heterocycles. The molecule has 0 aliphatic heterocycles. The Morgan fingerprint density at radius 1 is 1.18 bits per heavy atom. The molecule has 0 radical (unpaired) electrons. The van der Waals surface area contributed by atoms with E-state index in [1.54, 1.807) is 30.3 Å². The van der Waals surface area contributed by atoms with Gasteiger partial charge in [-0.2, -0.15) is 5.10 Å². The molecule has 2 aromatic carbocycles. The number of nitrogens with one attached hydrogen (secondary N) is 1. The molecule has 0 aliphatic carbocycles. The van der Waals surface area contributed by atoms with Crippen LogP contribution in [0.3, 0.4) is 0 Å². The van der Waals surface area contributed by atoms with Crippen molar-refractivity contribution in [3.8, 4) is 5.69 Å². The smallest absolute Gasteiger partial charge is 0.255 e. The Kier molecular flexibility index (Phi) is 3.89. The fraction of sp³-hybridized carbons (Fsp3) is 0.0625. The molecular formula is C16H13ClN4O. The average Bonchev–Trinajstić information content (AvgIpc) is 3.02. The molecule has 110 valence electrons. The number of benzene rings is 2. The van der Waals surface area contributed by atoms with Crippen LogP contribution in [-0.2, 0) is 0 Å². The van der Waals surface area contributed by atoms with E-state index in [-0.39, 0.29) is 5.91 Å². The minimum absolute atomic E-state index is 0.205. The van der Waals surface area contributed by atoms with Crippen LogP contribution in [0.25, 0.3) is 5.69 Å². The number of para-hydroxylation sites is 1. The second-order valence-corrected chi connectivity index (χ2v) is 5.20. The van der Waals surface area contributed by atoms with E-state index in [4.69, 9.17) is 11.6 Å². The first-order chi connectivity index (χ1) is 10.6. The van der Waals surface area contributed by atoms with Crippen molar-refractivity contribution < 1.29 is 4.79 Å². The third kappa shape index (κ3) is 2.84. The van der Waals surface area contributed by atoms with E-state index < -0.39 is 0 Å². The number of halogens is 1. The molecule has 1 amide bonds. The van der Waals surface area contributed by atoms with E-state index in [0.717, 1.165) is 5.56 Å². The molecule has 3 rings (SSSR count). The summed E-state index contributed by atoms with van der Waals surface area (Å²) in [5.74, 6) is -0.205. The molecule has 1 aromatic heterocycles. The first-order valence-electron chi connectivity index (χ1n) is 6.66. The van der Waals surface area contributed by atoms with Crippen molar-refractivity contribution in [1.29, 1.82) is 0 Å². The van der Waals surface area contributed by atoms with Gasteiger partial charge in [-0.25, -0.2) is 9.67 Å². The molecular weight excluding hydrogens is 300 g/mol. The van der Waals surface area contributed by atoms with Gasteiger partial charge in [0.2, 0.25) is 0 Å². The van der Waals surface area contributed by atoms with E-state index >= 15 is 0 Å². The molecule has 0 aliphatic rings. The van der Waals surface area contributed by atoms with Crippen LogP contribution >= 0.6 is 11.6 Å². The normalized spacial score (nSPS) is 10.5. The van der Waals surface area contributed by atoms with E-state index in [1.165, 1.54) is 17.3 Å². The van der Waals surface area contributed by atoms with E-state index in [2.05, 4.69) is 15.4 Å². The highest BCUT2D eigenvalue weighted by Gasteiger charge is 2.13. The van der Waals surface area contributed by atoms with Gasteiger partial charge < -0.3 is 5.32 Å². The molecule has 0 atom stereocenters. The van der Waals surface area contributed by atoms with Crippen molar-refractivity contribution in [3.63, 3.8) is 0 Å². The van der Waals surface area contributed by atoms with Crippen LogP contribution in [0.1, 0.15) is 15.9 Å². The van der Waals surface area contributed by atoms with Gasteiger partial charge in [-0.05, 0) is 31.2 Å². The van der Waals surface area contributed by atoms with Crippen LogP contribution in [-0.4, -0.2) is 20.7 Å². The number of aromatic nitrogens is 3. The van der Waals surface area contributed by atoms with Gasteiger partial charge in [0.15, 0.2) is 0 Å². The quantitative estimate of drug-likeness (QED) is 0.805. The zero-order valence-electron chi connectivity index (χ0n) is 11.8. The minimum atomic E-state index is -0.205. The Labute approximate surface area is 132 Å². The van der Waals surface area contributed by atoms with E-state index in [1.807, 2.05) is 19.1 Å². The molecule has 0 unspecified atom stereocenters. The van der Waals surface area contributed by atoms with Crippen LogP contribution in [0.4, 0.5) is 5.69 Å². The molecule has 3 aromatic rings. The minimum Gasteiger partial charge on any atom is -0.320 e. The second-order valence-electron chi connectivity index (χ2n) is 4.80. The Balaban J connectivity index is 1.94. The molecule has 6 heteroatoms. The maximum Gasteiger partial charge on any atom is 0.255 e. The Bertz CT molecular complexity index is 798. The highest BCUT2D eigenvalue weighted by atomic mass is 35.5. The van der Waals surface area contributed by atoms with Gasteiger partial charge in [-0.15, -0.1) is 0 Å². The van der Waals surface area contributed by atoms with Crippen molar-refractivity contribution in [2.45, 2.75) is 6.92 Å². The predicted molar refractivity (Wildman–Crippen MR) is 85.5 cm³/mol. The lowest BCUT2D eigenvalue weighted by atomic mass is 10.1. The molecule has 1 N–H and O–H groups in total. The van der Waals surface area contributed by atoms with E-state index in [9.17, 15) is 4.79 Å². The van der Waals surface area contributed by atoms with Gasteiger partial charge in [0, 0.05) is 5.56 Å². The number of aryl methyl sites for hydroxylation is 1. The lowest BCUT2D eigenvalue weighted by Gasteiger charge is -2.12. The Hall–Kier alpha value is -2.66. The molecule has 1 heterocycles. The molecule has 0 bridgehead atoms. The summed E-state index contributed by atoms with van der Waals surface area (Å²) in [6.45, 7) is 1.97. The number of carbonyl (C=O) groups is 1. The van der Waals surface area contributed by atoms with Gasteiger partial charge in [0.25, 0.3) is 5.91 Å². The summed E-state index contributed by atoms with van der Waals surface area (Å²) in [5, 5.41) is 7.41. The highest BCUT2D eigenvalue weighted by Crippen LogP contribution is 2.28. The Morgan fingerprint density at radius 3 is 2.64 bits per heavy atom. The topological polar surface area (TPSA) is 59.8 Å². The Morgan fingerprint density at radius 2 is 1.95 bits per heavy atom. The number of hydrogen-bond acceptors (Lipinski definition) is 3. The summed E-state index contributed by atoms with van der Waals surface area (Å²) in [7, 11) is 0. The van der Waals surface area contributed by atoms with Crippen LogP contribution in [0.15, 0.2) is 55.1 Å². The van der Waals surface area contributed by atoms with Crippen LogP contribution in [0, 0.1) is 6.92 Å². The summed E-state index contributed by atoms with van der Waals surface area (Å²) >= 11 is 6.23. The first kappa shape index (κ1) is 14.3. The lowest BCUT2D eigenvalue weighted by molar-refractivity contribution is 0.102. The van der Waals surface area contributed by atoms with Crippen molar-refractivity contribution in [2.75, 3.05) is 5.32 Å². The van der Waals surface area contributed by atoms with Crippen molar-refractivity contribution in [1.82, 2.24) is 14.8 Å². The number of anilines is 1. The fourth-order valence-corrected chi connectivity index (χ4v) is 2.33. The van der Waals surface area contributed by atoms with Gasteiger partial charge in [0.1, 0.15) is 18.3 Å². The molecule has 22 heavy (non-hydrogen) atoms. The molecule has 0 spiro atoms. The maximum atomic E-state index is 12.4. The van der Waals surface area contributed by atoms with Gasteiger partial charge in [0.05, 0.1) is 10.7 Å². The third-order valence-corrected chi connectivity index (χ3v) is 3.50. The highest BCUT2D eigenvalue weighted by molar-refractivity contribution is 6.33. The summed E-state index contributed by atoms with van der Waals surface area (Å²) in [6, 6.07) is 12.6. The number of rotatable bonds is 3. The fourth-order valence-electron chi connectivity index (χ4n) is 2.07.